The average molecular weight is 229 g/mol. The predicted molar refractivity (Wildman–Crippen MR) is 59.4 cm³/mol. The van der Waals surface area contributed by atoms with Crippen LogP contribution in [0.5, 0.6) is 0 Å². The van der Waals surface area contributed by atoms with E-state index in [4.69, 9.17) is 0 Å². The van der Waals surface area contributed by atoms with E-state index in [0.29, 0.717) is 6.54 Å². The van der Waals surface area contributed by atoms with Crippen LogP contribution in [0.15, 0.2) is 29.2 Å². The minimum atomic E-state index is -3.12. The average Bonchev–Trinajstić information content (AvgIpc) is 2.15. The van der Waals surface area contributed by atoms with Gasteiger partial charge in [-0.3, -0.25) is 4.31 Å². The summed E-state index contributed by atoms with van der Waals surface area (Å²) in [5, 5.41) is 0. The summed E-state index contributed by atoms with van der Waals surface area (Å²) in [4.78, 5) is 1.05. The number of nitrogens with zero attached hydrogens (tertiary/aromatic N) is 1. The number of para-hydroxylation sites is 1. The van der Waals surface area contributed by atoms with Crippen LogP contribution in [-0.4, -0.2) is 27.0 Å². The van der Waals surface area contributed by atoms with Crippen LogP contribution < -0.4 is 4.31 Å². The van der Waals surface area contributed by atoms with Gasteiger partial charge in [-0.25, -0.2) is 8.42 Å². The zero-order valence-electron chi connectivity index (χ0n) is 7.80. The Kier molecular flexibility index (Phi) is 2.45. The largest absolute Gasteiger partial charge is 0.268 e. The van der Waals surface area contributed by atoms with Crippen LogP contribution >= 0.6 is 11.8 Å². The molecule has 1 aliphatic rings. The number of hydrogen-bond acceptors (Lipinski definition) is 3. The fourth-order valence-corrected chi connectivity index (χ4v) is 3.60. The van der Waals surface area contributed by atoms with Crippen LogP contribution in [-0.2, 0) is 10.0 Å². The summed E-state index contributed by atoms with van der Waals surface area (Å²) in [6, 6.07) is 7.60. The number of rotatable bonds is 1. The highest BCUT2D eigenvalue weighted by molar-refractivity contribution is 8.00. The normalized spacial score (nSPS) is 16.5. The van der Waals surface area contributed by atoms with E-state index in [1.54, 1.807) is 11.8 Å². The van der Waals surface area contributed by atoms with Gasteiger partial charge < -0.3 is 0 Å². The summed E-state index contributed by atoms with van der Waals surface area (Å²) in [5.41, 5.74) is 0.811. The standard InChI is InChI=1S/C9H11NO2S2/c1-14(11,12)10-6-7-13-9-5-3-2-4-8(9)10/h2-5H,6-7H2,1H3. The van der Waals surface area contributed by atoms with Gasteiger partial charge >= 0.3 is 0 Å². The van der Waals surface area contributed by atoms with Gasteiger partial charge in [0.2, 0.25) is 10.0 Å². The highest BCUT2D eigenvalue weighted by Gasteiger charge is 2.23. The molecule has 1 heterocycles. The van der Waals surface area contributed by atoms with Crippen molar-refractivity contribution in [2.45, 2.75) is 4.90 Å². The van der Waals surface area contributed by atoms with Crippen LogP contribution in [0.4, 0.5) is 5.69 Å². The molecule has 0 radical (unpaired) electrons. The van der Waals surface area contributed by atoms with E-state index in [0.717, 1.165) is 16.3 Å². The minimum absolute atomic E-state index is 0.570. The third kappa shape index (κ3) is 1.74. The lowest BCUT2D eigenvalue weighted by molar-refractivity contribution is 0.597. The maximum absolute atomic E-state index is 11.5. The van der Waals surface area contributed by atoms with Crippen LogP contribution in [0.3, 0.4) is 0 Å². The van der Waals surface area contributed by atoms with Gasteiger partial charge in [0, 0.05) is 17.2 Å². The molecule has 0 saturated heterocycles. The first-order valence-electron chi connectivity index (χ1n) is 4.28. The van der Waals surface area contributed by atoms with Crippen LogP contribution in [0.2, 0.25) is 0 Å². The summed E-state index contributed by atoms with van der Waals surface area (Å²) >= 11 is 1.70. The number of thioether (sulfide) groups is 1. The molecule has 76 valence electrons. The van der Waals surface area contributed by atoms with Crippen LogP contribution in [0, 0.1) is 0 Å². The number of sulfonamides is 1. The molecular weight excluding hydrogens is 218 g/mol. The van der Waals surface area contributed by atoms with Crippen molar-refractivity contribution in [2.75, 3.05) is 22.9 Å². The molecule has 3 nitrogen and oxygen atoms in total. The lowest BCUT2D eigenvalue weighted by Crippen LogP contribution is -2.34. The van der Waals surface area contributed by atoms with Crippen molar-refractivity contribution in [3.63, 3.8) is 0 Å². The van der Waals surface area contributed by atoms with Gasteiger partial charge in [0.1, 0.15) is 0 Å². The lowest BCUT2D eigenvalue weighted by Gasteiger charge is -2.28. The maximum atomic E-state index is 11.5. The third-order valence-corrected chi connectivity index (χ3v) is 4.31. The molecule has 0 amide bonds. The molecule has 0 N–H and O–H groups in total. The van der Waals surface area contributed by atoms with Gasteiger partial charge in [-0.05, 0) is 12.1 Å². The molecular formula is C9H11NO2S2. The van der Waals surface area contributed by atoms with Crippen molar-refractivity contribution < 1.29 is 8.42 Å². The van der Waals surface area contributed by atoms with Gasteiger partial charge in [0.05, 0.1) is 11.9 Å². The van der Waals surface area contributed by atoms with Crippen LogP contribution in [0.1, 0.15) is 0 Å². The second-order valence-corrected chi connectivity index (χ2v) is 6.19. The SMILES string of the molecule is CS(=O)(=O)N1CCSc2ccccc21. The molecule has 0 aromatic heterocycles. The molecule has 14 heavy (non-hydrogen) atoms. The molecule has 1 aromatic rings. The van der Waals surface area contributed by atoms with E-state index in [-0.39, 0.29) is 0 Å². The van der Waals surface area contributed by atoms with Gasteiger partial charge in [-0.2, -0.15) is 0 Å². The van der Waals surface area contributed by atoms with Crippen LogP contribution in [0.25, 0.3) is 0 Å². The van der Waals surface area contributed by atoms with E-state index in [2.05, 4.69) is 0 Å². The van der Waals surface area contributed by atoms with Gasteiger partial charge in [-0.1, -0.05) is 12.1 Å². The summed E-state index contributed by atoms with van der Waals surface area (Å²) in [6.07, 6.45) is 1.25. The molecule has 0 atom stereocenters. The van der Waals surface area contributed by atoms with Crippen molar-refractivity contribution >= 4 is 27.5 Å². The van der Waals surface area contributed by atoms with Gasteiger partial charge in [0.25, 0.3) is 0 Å². The molecule has 0 saturated carbocycles. The third-order valence-electron chi connectivity index (χ3n) is 2.09. The Morgan fingerprint density at radius 1 is 1.36 bits per heavy atom. The second-order valence-electron chi connectivity index (χ2n) is 3.15. The topological polar surface area (TPSA) is 37.4 Å². The minimum Gasteiger partial charge on any atom is -0.268 e. The Morgan fingerprint density at radius 3 is 2.79 bits per heavy atom. The molecule has 1 aliphatic heterocycles. The molecule has 0 fully saturated rings. The van der Waals surface area contributed by atoms with Crippen molar-refractivity contribution in [1.29, 1.82) is 0 Å². The van der Waals surface area contributed by atoms with Gasteiger partial charge in [-0.15, -0.1) is 11.8 Å². The number of fused-ring (bicyclic) bond motifs is 1. The Hall–Kier alpha value is -0.680. The molecule has 2 rings (SSSR count). The van der Waals surface area contributed by atoms with E-state index < -0.39 is 10.0 Å². The van der Waals surface area contributed by atoms with Gasteiger partial charge in [0.15, 0.2) is 0 Å². The monoisotopic (exact) mass is 229 g/mol. The first-order chi connectivity index (χ1) is 6.59. The molecule has 0 bridgehead atoms. The Balaban J connectivity index is 2.51. The lowest BCUT2D eigenvalue weighted by atomic mass is 10.3. The van der Waals surface area contributed by atoms with E-state index >= 15 is 0 Å². The van der Waals surface area contributed by atoms with E-state index in [9.17, 15) is 8.42 Å². The smallest absolute Gasteiger partial charge is 0.232 e. The van der Waals surface area contributed by atoms with Crippen molar-refractivity contribution in [3.8, 4) is 0 Å². The fraction of sp³-hybridized carbons (Fsp3) is 0.333. The zero-order chi connectivity index (χ0) is 10.2. The first kappa shape index (κ1) is 9.86. The Labute approximate surface area is 88.2 Å². The maximum Gasteiger partial charge on any atom is 0.232 e. The first-order valence-corrected chi connectivity index (χ1v) is 7.12. The van der Waals surface area contributed by atoms with E-state index in [1.807, 2.05) is 24.3 Å². The molecule has 5 heteroatoms. The zero-order valence-corrected chi connectivity index (χ0v) is 9.44. The van der Waals surface area contributed by atoms with Crippen molar-refractivity contribution in [3.05, 3.63) is 24.3 Å². The Morgan fingerprint density at radius 2 is 2.07 bits per heavy atom. The van der Waals surface area contributed by atoms with Crippen molar-refractivity contribution in [1.82, 2.24) is 0 Å². The molecule has 0 unspecified atom stereocenters. The van der Waals surface area contributed by atoms with E-state index in [1.165, 1.54) is 10.6 Å². The Bertz CT molecular complexity index is 442. The highest BCUT2D eigenvalue weighted by atomic mass is 32.2. The van der Waals surface area contributed by atoms with Crippen molar-refractivity contribution in [2.24, 2.45) is 0 Å². The summed E-state index contributed by atoms with van der Waals surface area (Å²) in [7, 11) is -3.12. The predicted octanol–water partition coefficient (Wildman–Crippen LogP) is 1.56. The number of anilines is 1. The molecule has 0 spiro atoms. The number of hydrogen-bond donors (Lipinski definition) is 0. The molecule has 1 aromatic carbocycles. The summed E-state index contributed by atoms with van der Waals surface area (Å²) in [6.45, 7) is 0.570. The molecule has 0 aliphatic carbocycles. The summed E-state index contributed by atoms with van der Waals surface area (Å²) < 4.78 is 24.4. The fourth-order valence-electron chi connectivity index (χ4n) is 1.49. The second kappa shape index (κ2) is 3.47. The highest BCUT2D eigenvalue weighted by Crippen LogP contribution is 2.35. The number of benzene rings is 1. The quantitative estimate of drug-likeness (QED) is 0.733. The summed E-state index contributed by atoms with van der Waals surface area (Å²) in [5.74, 6) is 0.823.